The summed E-state index contributed by atoms with van der Waals surface area (Å²) in [6.45, 7) is 2.31. The van der Waals surface area contributed by atoms with E-state index in [1.54, 1.807) is 36.4 Å². The van der Waals surface area contributed by atoms with Crippen molar-refractivity contribution in [2.75, 3.05) is 18.0 Å². The lowest BCUT2D eigenvalue weighted by Crippen LogP contribution is -2.48. The molecule has 0 fully saturated rings. The molecule has 0 radical (unpaired) electrons. The molecular weight excluding hydrogens is 416 g/mol. The maximum absolute atomic E-state index is 13.4. The number of esters is 1. The molecule has 0 saturated carbocycles. The van der Waals surface area contributed by atoms with Gasteiger partial charge in [-0.3, -0.25) is 13.9 Å². The van der Waals surface area contributed by atoms with Crippen LogP contribution in [-0.2, 0) is 30.8 Å². The van der Waals surface area contributed by atoms with Crippen LogP contribution in [0.1, 0.15) is 36.8 Å². The Morgan fingerprint density at radius 1 is 1.06 bits per heavy atom. The van der Waals surface area contributed by atoms with Gasteiger partial charge in [0.05, 0.1) is 17.7 Å². The Kier molecular flexibility index (Phi) is 7.33. The van der Waals surface area contributed by atoms with Gasteiger partial charge in [-0.2, -0.15) is 0 Å². The van der Waals surface area contributed by atoms with Crippen LogP contribution in [-0.4, -0.2) is 40.0 Å². The highest BCUT2D eigenvalue weighted by molar-refractivity contribution is 7.93. The van der Waals surface area contributed by atoms with E-state index in [0.717, 1.165) is 17.5 Å². The molecular formula is C23H28N2O5S. The molecule has 1 amide bonds. The lowest BCUT2D eigenvalue weighted by Gasteiger charge is -2.26. The highest BCUT2D eigenvalue weighted by Crippen LogP contribution is 2.36. The number of sulfonamides is 1. The number of carbonyl (C=O) groups excluding carboxylic acids is 2. The monoisotopic (exact) mass is 444 g/mol. The van der Waals surface area contributed by atoms with Crippen molar-refractivity contribution < 1.29 is 22.7 Å². The Labute approximate surface area is 183 Å². The van der Waals surface area contributed by atoms with Gasteiger partial charge in [0.15, 0.2) is 0 Å². The summed E-state index contributed by atoms with van der Waals surface area (Å²) >= 11 is 0. The van der Waals surface area contributed by atoms with Crippen molar-refractivity contribution in [3.8, 4) is 0 Å². The van der Waals surface area contributed by atoms with E-state index >= 15 is 0 Å². The molecule has 1 atom stereocenters. The van der Waals surface area contributed by atoms with Crippen LogP contribution in [0.5, 0.6) is 0 Å². The molecule has 2 aromatic rings. The number of ether oxygens (including phenoxy) is 1. The zero-order chi connectivity index (χ0) is 22.4. The first-order valence-electron chi connectivity index (χ1n) is 10.4. The Morgan fingerprint density at radius 2 is 1.77 bits per heavy atom. The van der Waals surface area contributed by atoms with Crippen LogP contribution in [0.2, 0.25) is 0 Å². The Hall–Kier alpha value is -2.87. The number of hydrogen-bond acceptors (Lipinski definition) is 5. The average Bonchev–Trinajstić information content (AvgIpc) is 3.16. The fraction of sp³-hybridized carbons (Fsp3) is 0.391. The maximum atomic E-state index is 13.4. The minimum Gasteiger partial charge on any atom is -0.469 e. The Morgan fingerprint density at radius 3 is 2.48 bits per heavy atom. The summed E-state index contributed by atoms with van der Waals surface area (Å²) < 4.78 is 32.7. The highest BCUT2D eigenvalue weighted by atomic mass is 32.2. The first kappa shape index (κ1) is 22.8. The van der Waals surface area contributed by atoms with E-state index in [4.69, 9.17) is 0 Å². The molecule has 1 N–H and O–H groups in total. The van der Waals surface area contributed by atoms with Crippen LogP contribution in [0.3, 0.4) is 0 Å². The van der Waals surface area contributed by atoms with Crippen molar-refractivity contribution in [1.82, 2.24) is 5.32 Å². The predicted octanol–water partition coefficient (Wildman–Crippen LogP) is 2.96. The van der Waals surface area contributed by atoms with E-state index in [9.17, 15) is 18.0 Å². The number of para-hydroxylation sites is 1. The van der Waals surface area contributed by atoms with Crippen LogP contribution < -0.4 is 9.62 Å². The quantitative estimate of drug-likeness (QED) is 0.474. The predicted molar refractivity (Wildman–Crippen MR) is 118 cm³/mol. The second kappa shape index (κ2) is 9.96. The van der Waals surface area contributed by atoms with E-state index in [1.807, 2.05) is 19.1 Å². The van der Waals surface area contributed by atoms with Crippen LogP contribution in [0.15, 0.2) is 53.4 Å². The van der Waals surface area contributed by atoms with Gasteiger partial charge in [-0.25, -0.2) is 8.42 Å². The molecule has 0 spiro atoms. The smallest absolute Gasteiger partial charge is 0.305 e. The largest absolute Gasteiger partial charge is 0.469 e. The van der Waals surface area contributed by atoms with E-state index in [1.165, 1.54) is 11.4 Å². The number of methoxy groups -OCH3 is 1. The summed E-state index contributed by atoms with van der Waals surface area (Å²) in [5.41, 5.74) is 2.33. The fourth-order valence-corrected chi connectivity index (χ4v) is 5.33. The van der Waals surface area contributed by atoms with E-state index in [2.05, 4.69) is 10.1 Å². The van der Waals surface area contributed by atoms with Crippen molar-refractivity contribution in [1.29, 1.82) is 0 Å². The topological polar surface area (TPSA) is 92.8 Å². The molecule has 0 aromatic heterocycles. The number of anilines is 1. The summed E-state index contributed by atoms with van der Waals surface area (Å²) in [5, 5.41) is 2.86. The van der Waals surface area contributed by atoms with Gasteiger partial charge in [0.1, 0.15) is 6.04 Å². The molecule has 0 aliphatic carbocycles. The standard InChI is InChI=1S/C23H28N2O5S/c1-17-11-13-19(14-12-17)31(28,29)25-20-9-6-5-8-18(20)16-21(25)23(27)24-15-7-3-4-10-22(26)30-2/h5-6,8-9,11-14,21H,3-4,7,10,15-16H2,1-2H3,(H,24,27)/t21-/m0/s1. The molecule has 31 heavy (non-hydrogen) atoms. The van der Waals surface area contributed by atoms with Gasteiger partial charge in [0.25, 0.3) is 10.0 Å². The third-order valence-corrected chi connectivity index (χ3v) is 7.23. The number of fused-ring (bicyclic) bond motifs is 1. The third kappa shape index (κ3) is 5.25. The maximum Gasteiger partial charge on any atom is 0.305 e. The second-order valence-corrected chi connectivity index (χ2v) is 9.46. The second-order valence-electron chi connectivity index (χ2n) is 7.64. The van der Waals surface area contributed by atoms with Crippen molar-refractivity contribution >= 4 is 27.6 Å². The number of benzene rings is 2. The molecule has 1 aliphatic heterocycles. The first-order valence-corrected chi connectivity index (χ1v) is 11.8. The summed E-state index contributed by atoms with van der Waals surface area (Å²) in [6, 6.07) is 13.0. The number of amides is 1. The Bertz CT molecular complexity index is 1030. The van der Waals surface area contributed by atoms with Crippen molar-refractivity contribution in [2.24, 2.45) is 0 Å². The molecule has 1 aliphatic rings. The van der Waals surface area contributed by atoms with Crippen LogP contribution in [0, 0.1) is 6.92 Å². The number of aryl methyl sites for hydroxylation is 1. The fourth-order valence-electron chi connectivity index (χ4n) is 3.68. The van der Waals surface area contributed by atoms with Crippen LogP contribution in [0.25, 0.3) is 0 Å². The van der Waals surface area contributed by atoms with Gasteiger partial charge in [0.2, 0.25) is 5.91 Å². The lowest BCUT2D eigenvalue weighted by atomic mass is 10.1. The van der Waals surface area contributed by atoms with Crippen molar-refractivity contribution in [3.63, 3.8) is 0 Å². The number of nitrogens with one attached hydrogen (secondary N) is 1. The lowest BCUT2D eigenvalue weighted by molar-refractivity contribution is -0.140. The molecule has 1 heterocycles. The SMILES string of the molecule is COC(=O)CCCCCNC(=O)[C@@H]1Cc2ccccc2N1S(=O)(=O)c1ccc(C)cc1. The molecule has 0 unspecified atom stereocenters. The number of rotatable bonds is 9. The van der Waals surface area contributed by atoms with Crippen LogP contribution in [0.4, 0.5) is 5.69 Å². The number of nitrogens with zero attached hydrogens (tertiary/aromatic N) is 1. The average molecular weight is 445 g/mol. The number of unbranched alkanes of at least 4 members (excludes halogenated alkanes) is 2. The minimum atomic E-state index is -3.89. The minimum absolute atomic E-state index is 0.162. The summed E-state index contributed by atoms with van der Waals surface area (Å²) in [5.74, 6) is -0.565. The molecule has 0 saturated heterocycles. The summed E-state index contributed by atoms with van der Waals surface area (Å²) in [6.07, 6.45) is 2.84. The molecule has 166 valence electrons. The van der Waals surface area contributed by atoms with E-state index < -0.39 is 16.1 Å². The van der Waals surface area contributed by atoms with Gasteiger partial charge in [-0.05, 0) is 43.5 Å². The third-order valence-electron chi connectivity index (χ3n) is 5.39. The number of carbonyl (C=O) groups is 2. The molecule has 2 aromatic carbocycles. The zero-order valence-electron chi connectivity index (χ0n) is 17.8. The summed E-state index contributed by atoms with van der Waals surface area (Å²) in [7, 11) is -2.53. The van der Waals surface area contributed by atoms with Gasteiger partial charge >= 0.3 is 5.97 Å². The van der Waals surface area contributed by atoms with E-state index in [-0.39, 0.29) is 16.8 Å². The van der Waals surface area contributed by atoms with Crippen molar-refractivity contribution in [3.05, 3.63) is 59.7 Å². The first-order chi connectivity index (χ1) is 14.8. The van der Waals surface area contributed by atoms with Crippen LogP contribution >= 0.6 is 0 Å². The normalized spacial score (nSPS) is 15.4. The van der Waals surface area contributed by atoms with Gasteiger partial charge in [-0.1, -0.05) is 42.3 Å². The molecule has 7 nitrogen and oxygen atoms in total. The summed E-state index contributed by atoms with van der Waals surface area (Å²) in [4.78, 5) is 24.3. The highest BCUT2D eigenvalue weighted by Gasteiger charge is 2.42. The van der Waals surface area contributed by atoms with E-state index in [0.29, 0.717) is 37.9 Å². The van der Waals surface area contributed by atoms with Crippen molar-refractivity contribution in [2.45, 2.75) is 50.0 Å². The number of hydrogen-bond donors (Lipinski definition) is 1. The van der Waals surface area contributed by atoms with Gasteiger partial charge in [0, 0.05) is 19.4 Å². The van der Waals surface area contributed by atoms with Gasteiger partial charge in [-0.15, -0.1) is 0 Å². The molecule has 3 rings (SSSR count). The van der Waals surface area contributed by atoms with Gasteiger partial charge < -0.3 is 10.1 Å². The molecule has 0 bridgehead atoms. The Balaban J connectivity index is 1.71. The zero-order valence-corrected chi connectivity index (χ0v) is 18.7. The molecule has 8 heteroatoms.